The number of allylic oxidation sites excluding steroid dienone is 1. The van der Waals surface area contributed by atoms with E-state index in [0.29, 0.717) is 13.2 Å². The van der Waals surface area contributed by atoms with E-state index in [1.807, 2.05) is 50.3 Å². The smallest absolute Gasteiger partial charge is 0.222 e. The zero-order chi connectivity index (χ0) is 12.3. The van der Waals surface area contributed by atoms with E-state index in [4.69, 9.17) is 9.47 Å². The molecule has 2 heteroatoms. The molecule has 0 atom stereocenters. The van der Waals surface area contributed by atoms with Crippen LogP contribution in [0.3, 0.4) is 0 Å². The van der Waals surface area contributed by atoms with Gasteiger partial charge in [-0.25, -0.2) is 0 Å². The number of rotatable bonds is 5. The maximum Gasteiger partial charge on any atom is 0.222 e. The first-order valence-electron chi connectivity index (χ1n) is 5.82. The van der Waals surface area contributed by atoms with Crippen molar-refractivity contribution in [3.8, 4) is 11.8 Å². The van der Waals surface area contributed by atoms with Crippen LogP contribution in [0.4, 0.5) is 0 Å². The summed E-state index contributed by atoms with van der Waals surface area (Å²) in [5, 5.41) is 0. The second kappa shape index (κ2) is 8.58. The molecule has 0 N–H and O–H groups in total. The molecule has 0 aliphatic carbocycles. The van der Waals surface area contributed by atoms with Gasteiger partial charge >= 0.3 is 0 Å². The van der Waals surface area contributed by atoms with Crippen molar-refractivity contribution in [2.24, 2.45) is 0 Å². The highest BCUT2D eigenvalue weighted by Gasteiger charge is 2.00. The average molecular weight is 230 g/mol. The van der Waals surface area contributed by atoms with Crippen LogP contribution in [-0.2, 0) is 9.47 Å². The Kier molecular flexibility index (Phi) is 6.81. The van der Waals surface area contributed by atoms with Crippen LogP contribution in [0.5, 0.6) is 0 Å². The standard InChI is InChI=1S/C15H18O2/c1-3-16-15(17-4-2)13-9-8-12-14-10-6-5-7-11-14/h5-8,10-12,15H,3-4H2,1-2H3/b12-8+. The molecule has 90 valence electrons. The van der Waals surface area contributed by atoms with Gasteiger partial charge in [-0.05, 0) is 37.5 Å². The summed E-state index contributed by atoms with van der Waals surface area (Å²) in [7, 11) is 0. The Labute approximate surface area is 103 Å². The summed E-state index contributed by atoms with van der Waals surface area (Å²) in [6, 6.07) is 10.0. The van der Waals surface area contributed by atoms with Gasteiger partial charge in [0.25, 0.3) is 0 Å². The summed E-state index contributed by atoms with van der Waals surface area (Å²) in [5.74, 6) is 5.83. The maximum absolute atomic E-state index is 5.30. The van der Waals surface area contributed by atoms with E-state index in [-0.39, 0.29) is 0 Å². The zero-order valence-corrected chi connectivity index (χ0v) is 10.3. The van der Waals surface area contributed by atoms with E-state index in [0.717, 1.165) is 5.56 Å². The van der Waals surface area contributed by atoms with Gasteiger partial charge in [-0.3, -0.25) is 0 Å². The van der Waals surface area contributed by atoms with Gasteiger partial charge < -0.3 is 9.47 Å². The molecule has 0 heterocycles. The fraction of sp³-hybridized carbons (Fsp3) is 0.333. The van der Waals surface area contributed by atoms with Crippen molar-refractivity contribution >= 4 is 6.08 Å². The van der Waals surface area contributed by atoms with E-state index in [1.54, 1.807) is 6.08 Å². The quantitative estimate of drug-likeness (QED) is 0.571. The zero-order valence-electron chi connectivity index (χ0n) is 10.3. The molecule has 0 saturated carbocycles. The lowest BCUT2D eigenvalue weighted by molar-refractivity contribution is -0.0969. The van der Waals surface area contributed by atoms with Crippen molar-refractivity contribution in [1.29, 1.82) is 0 Å². The molecule has 0 saturated heterocycles. The molecule has 0 unspecified atom stereocenters. The predicted octanol–water partition coefficient (Wildman–Crippen LogP) is 3.10. The Morgan fingerprint density at radius 2 is 1.76 bits per heavy atom. The summed E-state index contributed by atoms with van der Waals surface area (Å²) in [4.78, 5) is 0. The van der Waals surface area contributed by atoms with Crippen LogP contribution in [0.25, 0.3) is 6.08 Å². The second-order valence-electron chi connectivity index (χ2n) is 3.28. The number of hydrogen-bond donors (Lipinski definition) is 0. The lowest BCUT2D eigenvalue weighted by Crippen LogP contribution is -2.14. The monoisotopic (exact) mass is 230 g/mol. The maximum atomic E-state index is 5.30. The van der Waals surface area contributed by atoms with E-state index < -0.39 is 6.29 Å². The first-order chi connectivity index (χ1) is 8.36. The third kappa shape index (κ3) is 5.91. The van der Waals surface area contributed by atoms with Gasteiger partial charge in [0.15, 0.2) is 0 Å². The summed E-state index contributed by atoms with van der Waals surface area (Å²) < 4.78 is 10.6. The molecule has 2 nitrogen and oxygen atoms in total. The van der Waals surface area contributed by atoms with Crippen molar-refractivity contribution in [3.63, 3.8) is 0 Å². The fourth-order valence-electron chi connectivity index (χ4n) is 1.25. The minimum Gasteiger partial charge on any atom is -0.342 e. The fourth-order valence-corrected chi connectivity index (χ4v) is 1.25. The topological polar surface area (TPSA) is 18.5 Å². The summed E-state index contributed by atoms with van der Waals surface area (Å²) in [6.45, 7) is 5.05. The molecule has 0 aliphatic heterocycles. The number of ether oxygens (including phenoxy) is 2. The summed E-state index contributed by atoms with van der Waals surface area (Å²) >= 11 is 0. The highest BCUT2D eigenvalue weighted by atomic mass is 16.7. The Morgan fingerprint density at radius 3 is 2.35 bits per heavy atom. The van der Waals surface area contributed by atoms with Crippen LogP contribution in [0, 0.1) is 11.8 Å². The number of hydrogen-bond acceptors (Lipinski definition) is 2. The minimum atomic E-state index is -0.426. The Hall–Kier alpha value is -1.56. The molecule has 0 aromatic heterocycles. The average Bonchev–Trinajstić information content (AvgIpc) is 2.36. The van der Waals surface area contributed by atoms with Gasteiger partial charge in [0.2, 0.25) is 6.29 Å². The Morgan fingerprint density at radius 1 is 1.12 bits per heavy atom. The molecule has 0 spiro atoms. The lowest BCUT2D eigenvalue weighted by Gasteiger charge is -2.09. The first kappa shape index (κ1) is 13.5. The van der Waals surface area contributed by atoms with Crippen molar-refractivity contribution in [1.82, 2.24) is 0 Å². The molecule has 0 radical (unpaired) electrons. The molecular formula is C15H18O2. The molecule has 0 aliphatic rings. The van der Waals surface area contributed by atoms with Crippen molar-refractivity contribution < 1.29 is 9.47 Å². The van der Waals surface area contributed by atoms with Crippen LogP contribution in [0.15, 0.2) is 36.4 Å². The van der Waals surface area contributed by atoms with Crippen molar-refractivity contribution in [2.75, 3.05) is 13.2 Å². The summed E-state index contributed by atoms with van der Waals surface area (Å²) in [6.07, 6.45) is 3.34. The van der Waals surface area contributed by atoms with Crippen LogP contribution in [-0.4, -0.2) is 19.5 Å². The molecule has 0 fully saturated rings. The van der Waals surface area contributed by atoms with E-state index >= 15 is 0 Å². The van der Waals surface area contributed by atoms with Gasteiger partial charge in [0.1, 0.15) is 0 Å². The van der Waals surface area contributed by atoms with Gasteiger partial charge in [-0.1, -0.05) is 36.3 Å². The first-order valence-corrected chi connectivity index (χ1v) is 5.82. The highest BCUT2D eigenvalue weighted by Crippen LogP contribution is 2.00. The largest absolute Gasteiger partial charge is 0.342 e. The molecular weight excluding hydrogens is 212 g/mol. The SMILES string of the molecule is CCOC(C#C/C=C/c1ccccc1)OCC. The van der Waals surface area contributed by atoms with Gasteiger partial charge in [0, 0.05) is 13.2 Å². The summed E-state index contributed by atoms with van der Waals surface area (Å²) in [5.41, 5.74) is 1.13. The van der Waals surface area contributed by atoms with Crippen LogP contribution >= 0.6 is 0 Å². The number of benzene rings is 1. The van der Waals surface area contributed by atoms with E-state index in [1.165, 1.54) is 0 Å². The lowest BCUT2D eigenvalue weighted by atomic mass is 10.2. The predicted molar refractivity (Wildman–Crippen MR) is 70.3 cm³/mol. The second-order valence-corrected chi connectivity index (χ2v) is 3.28. The van der Waals surface area contributed by atoms with Crippen LogP contribution in [0.2, 0.25) is 0 Å². The molecule has 1 aromatic rings. The third-order valence-electron chi connectivity index (χ3n) is 2.00. The van der Waals surface area contributed by atoms with Crippen LogP contribution < -0.4 is 0 Å². The third-order valence-corrected chi connectivity index (χ3v) is 2.00. The van der Waals surface area contributed by atoms with Gasteiger partial charge in [-0.15, -0.1) is 0 Å². The van der Waals surface area contributed by atoms with E-state index in [9.17, 15) is 0 Å². The normalized spacial score (nSPS) is 10.5. The van der Waals surface area contributed by atoms with Crippen molar-refractivity contribution in [3.05, 3.63) is 42.0 Å². The van der Waals surface area contributed by atoms with Crippen molar-refractivity contribution in [2.45, 2.75) is 20.1 Å². The molecule has 0 bridgehead atoms. The molecule has 17 heavy (non-hydrogen) atoms. The van der Waals surface area contributed by atoms with E-state index in [2.05, 4.69) is 11.8 Å². The van der Waals surface area contributed by atoms with Crippen LogP contribution in [0.1, 0.15) is 19.4 Å². The molecule has 0 amide bonds. The molecule has 1 aromatic carbocycles. The highest BCUT2D eigenvalue weighted by molar-refractivity contribution is 5.52. The Balaban J connectivity index is 2.50. The molecule has 1 rings (SSSR count). The van der Waals surface area contributed by atoms with Gasteiger partial charge in [0.05, 0.1) is 0 Å². The van der Waals surface area contributed by atoms with Gasteiger partial charge in [-0.2, -0.15) is 0 Å². The Bertz CT molecular complexity index is 378. The minimum absolute atomic E-state index is 0.426.